The minimum atomic E-state index is -0.178. The highest BCUT2D eigenvalue weighted by atomic mass is 35.5. The van der Waals surface area contributed by atoms with E-state index in [4.69, 9.17) is 32.7 Å². The van der Waals surface area contributed by atoms with Gasteiger partial charge in [-0.1, -0.05) is 70.8 Å². The van der Waals surface area contributed by atoms with Crippen molar-refractivity contribution in [1.29, 1.82) is 0 Å². The van der Waals surface area contributed by atoms with Crippen LogP contribution in [0.25, 0.3) is 11.3 Å². The number of aromatic hydroxyl groups is 1. The predicted molar refractivity (Wildman–Crippen MR) is 154 cm³/mol. The highest BCUT2D eigenvalue weighted by Crippen LogP contribution is 2.35. The molecule has 0 radical (unpaired) electrons. The lowest BCUT2D eigenvalue weighted by molar-refractivity contribution is 0.276. The van der Waals surface area contributed by atoms with Crippen LogP contribution in [0.3, 0.4) is 0 Å². The molecule has 10 heteroatoms. The minimum Gasteiger partial charge on any atom is -0.505 e. The van der Waals surface area contributed by atoms with E-state index in [0.29, 0.717) is 23.7 Å². The van der Waals surface area contributed by atoms with Crippen molar-refractivity contribution in [3.8, 4) is 34.6 Å². The van der Waals surface area contributed by atoms with Crippen LogP contribution in [-0.4, -0.2) is 37.2 Å². The van der Waals surface area contributed by atoms with Gasteiger partial charge in [-0.05, 0) is 54.1 Å². The van der Waals surface area contributed by atoms with Gasteiger partial charge >= 0.3 is 6.01 Å². The lowest BCUT2D eigenvalue weighted by Crippen LogP contribution is -2.17. The Kier molecular flexibility index (Phi) is 8.71. The molecule has 0 aliphatic heterocycles. The molecule has 0 aliphatic rings. The molecule has 0 unspecified atom stereocenters. The summed E-state index contributed by atoms with van der Waals surface area (Å²) in [5.41, 5.74) is 4.36. The number of ether oxygens (including phenoxy) is 2. The fourth-order valence-electron chi connectivity index (χ4n) is 3.98. The molecule has 5 aromatic rings. The van der Waals surface area contributed by atoms with Gasteiger partial charge in [-0.2, -0.15) is 0 Å². The van der Waals surface area contributed by atoms with E-state index in [0.717, 1.165) is 30.0 Å². The van der Waals surface area contributed by atoms with Crippen LogP contribution in [0.2, 0.25) is 10.0 Å². The van der Waals surface area contributed by atoms with E-state index in [-0.39, 0.29) is 21.8 Å². The average molecular weight is 574 g/mol. The van der Waals surface area contributed by atoms with Crippen molar-refractivity contribution in [3.05, 3.63) is 118 Å². The second kappa shape index (κ2) is 12.7. The summed E-state index contributed by atoms with van der Waals surface area (Å²) in [4.78, 5) is 10.7. The molecule has 0 aliphatic carbocycles. The molecule has 0 fully saturated rings. The first-order valence-electron chi connectivity index (χ1n) is 12.4. The first kappa shape index (κ1) is 27.3. The van der Waals surface area contributed by atoms with Gasteiger partial charge in [0.1, 0.15) is 18.1 Å². The smallest absolute Gasteiger partial charge is 0.336 e. The van der Waals surface area contributed by atoms with E-state index in [1.54, 1.807) is 18.3 Å². The molecule has 0 amide bonds. The molecule has 2 heterocycles. The third kappa shape index (κ3) is 7.24. The van der Waals surface area contributed by atoms with E-state index >= 15 is 0 Å². The number of halogens is 2. The van der Waals surface area contributed by atoms with Crippen molar-refractivity contribution in [3.63, 3.8) is 0 Å². The normalized spacial score (nSPS) is 11.0. The second-order valence-electron chi connectivity index (χ2n) is 9.11. The molecule has 8 nitrogen and oxygen atoms in total. The topological polar surface area (TPSA) is 93.5 Å². The van der Waals surface area contributed by atoms with Crippen LogP contribution >= 0.6 is 23.2 Å². The van der Waals surface area contributed by atoms with Gasteiger partial charge < -0.3 is 14.6 Å². The Labute approximate surface area is 241 Å². The highest BCUT2D eigenvalue weighted by molar-refractivity contribution is 6.37. The molecular formula is C30H25Cl2N5O3. The molecule has 0 saturated heterocycles. The summed E-state index contributed by atoms with van der Waals surface area (Å²) >= 11 is 12.0. The first-order chi connectivity index (χ1) is 19.4. The van der Waals surface area contributed by atoms with Gasteiger partial charge in [-0.15, -0.1) is 5.10 Å². The van der Waals surface area contributed by atoms with Gasteiger partial charge in [-0.3, -0.25) is 4.90 Å². The van der Waals surface area contributed by atoms with Crippen LogP contribution in [0, 0.1) is 0 Å². The Bertz CT molecular complexity index is 1550. The van der Waals surface area contributed by atoms with Gasteiger partial charge in [0.05, 0.1) is 16.2 Å². The van der Waals surface area contributed by atoms with Crippen molar-refractivity contribution >= 4 is 23.2 Å². The summed E-state index contributed by atoms with van der Waals surface area (Å²) in [5.74, 6) is 1.15. The fraction of sp³-hybridized carbons (Fsp3) is 0.133. The Hall–Kier alpha value is -4.24. The molecule has 3 aromatic carbocycles. The summed E-state index contributed by atoms with van der Waals surface area (Å²) in [6.45, 7) is 1.86. The van der Waals surface area contributed by atoms with Crippen LogP contribution in [-0.2, 0) is 19.7 Å². The molecule has 40 heavy (non-hydrogen) atoms. The molecule has 0 spiro atoms. The maximum Gasteiger partial charge on any atom is 0.336 e. The summed E-state index contributed by atoms with van der Waals surface area (Å²) in [6, 6.07) is 25.1. The summed E-state index contributed by atoms with van der Waals surface area (Å²) in [5, 5.41) is 18.1. The van der Waals surface area contributed by atoms with Crippen LogP contribution in [0.15, 0.2) is 91.3 Å². The minimum absolute atomic E-state index is 0.125. The number of nitrogens with zero attached hydrogens (tertiary/aromatic N) is 5. The number of benzene rings is 3. The van der Waals surface area contributed by atoms with Crippen LogP contribution in [0.1, 0.15) is 16.7 Å². The molecule has 0 bridgehead atoms. The van der Waals surface area contributed by atoms with Gasteiger partial charge in [0.15, 0.2) is 5.75 Å². The zero-order valence-electron chi connectivity index (χ0n) is 21.5. The van der Waals surface area contributed by atoms with Gasteiger partial charge in [-0.25, -0.2) is 9.97 Å². The number of phenols is 1. The molecule has 0 saturated carbocycles. The maximum atomic E-state index is 9.73. The molecule has 202 valence electrons. The SMILES string of the molecule is CN(Cc1ccc(COc2ncc(-c3cc(Cl)c(O)c(Cl)c3)nn2)cc1)Cc1cccc(Oc2ccccn2)c1. The summed E-state index contributed by atoms with van der Waals surface area (Å²) in [6.07, 6.45) is 3.22. The van der Waals surface area contributed by atoms with Crippen LogP contribution < -0.4 is 9.47 Å². The van der Waals surface area contributed by atoms with Crippen molar-refractivity contribution in [2.24, 2.45) is 0 Å². The van der Waals surface area contributed by atoms with Crippen molar-refractivity contribution in [2.45, 2.75) is 19.7 Å². The number of phenolic OH excluding ortho intramolecular Hbond substituents is 1. The van der Waals surface area contributed by atoms with Crippen LogP contribution in [0.5, 0.6) is 23.4 Å². The first-order valence-corrected chi connectivity index (χ1v) is 13.1. The van der Waals surface area contributed by atoms with E-state index in [2.05, 4.69) is 50.3 Å². The number of rotatable bonds is 10. The van der Waals surface area contributed by atoms with Gasteiger partial charge in [0.2, 0.25) is 5.88 Å². The standard InChI is InChI=1S/C30H25Cl2N5O3/c1-37(18-22-5-4-6-24(13-22)40-28-7-2-3-12-33-28)17-20-8-10-21(11-9-20)19-39-30-34-16-27(35-36-30)23-14-25(31)29(38)26(32)15-23/h2-16,38H,17-19H2,1H3. The molecule has 5 rings (SSSR count). The number of pyridine rings is 1. The molecule has 0 atom stereocenters. The molecule has 2 aromatic heterocycles. The third-order valence-corrected chi connectivity index (χ3v) is 6.48. The molecular weight excluding hydrogens is 549 g/mol. The largest absolute Gasteiger partial charge is 0.505 e. The Balaban J connectivity index is 1.12. The zero-order valence-corrected chi connectivity index (χ0v) is 23.0. The highest BCUT2D eigenvalue weighted by Gasteiger charge is 2.11. The fourth-order valence-corrected chi connectivity index (χ4v) is 4.47. The molecule has 1 N–H and O–H groups in total. The summed E-state index contributed by atoms with van der Waals surface area (Å²) < 4.78 is 11.6. The van der Waals surface area contributed by atoms with Crippen LogP contribution in [0.4, 0.5) is 0 Å². The van der Waals surface area contributed by atoms with Gasteiger partial charge in [0.25, 0.3) is 0 Å². The third-order valence-electron chi connectivity index (χ3n) is 5.91. The second-order valence-corrected chi connectivity index (χ2v) is 9.92. The van der Waals surface area contributed by atoms with E-state index < -0.39 is 0 Å². The predicted octanol–water partition coefficient (Wildman–Crippen LogP) is 6.95. The van der Waals surface area contributed by atoms with E-state index in [1.165, 1.54) is 11.8 Å². The number of aromatic nitrogens is 4. The lowest BCUT2D eigenvalue weighted by atomic mass is 10.1. The lowest BCUT2D eigenvalue weighted by Gasteiger charge is -2.17. The maximum absolute atomic E-state index is 9.73. The zero-order chi connectivity index (χ0) is 27.9. The quantitative estimate of drug-likeness (QED) is 0.192. The van der Waals surface area contributed by atoms with Gasteiger partial charge in [0, 0.05) is 30.9 Å². The van der Waals surface area contributed by atoms with E-state index in [1.807, 2.05) is 48.5 Å². The van der Waals surface area contributed by atoms with E-state index in [9.17, 15) is 5.11 Å². The monoisotopic (exact) mass is 573 g/mol. The Morgan fingerprint density at radius 2 is 1.55 bits per heavy atom. The Morgan fingerprint density at radius 3 is 2.25 bits per heavy atom. The van der Waals surface area contributed by atoms with Crippen molar-refractivity contribution in [2.75, 3.05) is 7.05 Å². The van der Waals surface area contributed by atoms with Crippen molar-refractivity contribution in [1.82, 2.24) is 25.1 Å². The number of hydrogen-bond acceptors (Lipinski definition) is 8. The summed E-state index contributed by atoms with van der Waals surface area (Å²) in [7, 11) is 2.08. The average Bonchev–Trinajstić information content (AvgIpc) is 2.96. The van der Waals surface area contributed by atoms with Crippen molar-refractivity contribution < 1.29 is 14.6 Å². The number of hydrogen-bond donors (Lipinski definition) is 1. The Morgan fingerprint density at radius 1 is 0.800 bits per heavy atom.